The van der Waals surface area contributed by atoms with Gasteiger partial charge < -0.3 is 29.9 Å². The number of esters is 2. The van der Waals surface area contributed by atoms with Crippen molar-refractivity contribution in [1.82, 2.24) is 40.2 Å². The molecule has 16 heteroatoms. The van der Waals surface area contributed by atoms with Crippen LogP contribution in [0.15, 0.2) is 54.9 Å². The number of benzene rings is 2. The molecule has 238 valence electrons. The van der Waals surface area contributed by atoms with Gasteiger partial charge in [0.15, 0.2) is 12.1 Å². The molecule has 4 aromatic rings. The SMILES string of the molecule is COC(=O)[C@@H](Cc1ccc(O)cc1)n1cc(-c2cc(C(=O)N3CCNCC3)cc(-c3cn([C@@H](CO)C(=O)OC)nn3)c2)nn1.Cl. The Balaban J connectivity index is 0.00000461. The monoisotopic (exact) mass is 640 g/mol. The molecule has 3 heterocycles. The number of hydrogen-bond acceptors (Lipinski definition) is 12. The van der Waals surface area contributed by atoms with Crippen molar-refractivity contribution in [1.29, 1.82) is 0 Å². The lowest BCUT2D eigenvalue weighted by Crippen LogP contribution is -2.46. The molecule has 1 saturated heterocycles. The van der Waals surface area contributed by atoms with E-state index in [-0.39, 0.29) is 30.5 Å². The van der Waals surface area contributed by atoms with Crippen molar-refractivity contribution in [3.63, 3.8) is 0 Å². The minimum absolute atomic E-state index is 0. The van der Waals surface area contributed by atoms with Gasteiger partial charge in [0.2, 0.25) is 0 Å². The maximum atomic E-state index is 13.6. The van der Waals surface area contributed by atoms with Crippen LogP contribution in [0.5, 0.6) is 5.75 Å². The Kier molecular flexibility index (Phi) is 10.8. The summed E-state index contributed by atoms with van der Waals surface area (Å²) in [5.74, 6) is -1.29. The number of aliphatic hydroxyl groups excluding tert-OH is 1. The first-order valence-corrected chi connectivity index (χ1v) is 13.8. The number of aromatic nitrogens is 6. The molecule has 5 rings (SSSR count). The summed E-state index contributed by atoms with van der Waals surface area (Å²) in [5, 5.41) is 39.3. The first-order valence-electron chi connectivity index (χ1n) is 13.8. The van der Waals surface area contributed by atoms with Crippen LogP contribution >= 0.6 is 12.4 Å². The molecule has 1 aliphatic rings. The third-order valence-corrected chi connectivity index (χ3v) is 7.32. The number of aliphatic hydroxyl groups is 1. The summed E-state index contributed by atoms with van der Waals surface area (Å²) < 4.78 is 12.4. The average molecular weight is 641 g/mol. The highest BCUT2D eigenvalue weighted by Gasteiger charge is 2.26. The summed E-state index contributed by atoms with van der Waals surface area (Å²) in [6, 6.07) is 9.67. The van der Waals surface area contributed by atoms with E-state index in [1.165, 1.54) is 41.9 Å². The second kappa shape index (κ2) is 14.7. The Bertz CT molecular complexity index is 1640. The van der Waals surface area contributed by atoms with Crippen molar-refractivity contribution < 1.29 is 34.1 Å². The van der Waals surface area contributed by atoms with Crippen molar-refractivity contribution in [2.75, 3.05) is 47.0 Å². The van der Waals surface area contributed by atoms with E-state index in [0.717, 1.165) is 5.56 Å². The van der Waals surface area contributed by atoms with Crippen molar-refractivity contribution >= 4 is 30.3 Å². The van der Waals surface area contributed by atoms with Crippen LogP contribution in [0.25, 0.3) is 22.5 Å². The van der Waals surface area contributed by atoms with Gasteiger partial charge in [0.25, 0.3) is 5.91 Å². The molecule has 2 aromatic carbocycles. The van der Waals surface area contributed by atoms with Gasteiger partial charge in [-0.2, -0.15) is 0 Å². The van der Waals surface area contributed by atoms with Gasteiger partial charge in [-0.1, -0.05) is 22.6 Å². The Labute approximate surface area is 264 Å². The Morgan fingerprint density at radius 3 is 1.93 bits per heavy atom. The van der Waals surface area contributed by atoms with Crippen LogP contribution in [0, 0.1) is 0 Å². The maximum absolute atomic E-state index is 13.6. The Hall–Kier alpha value is -4.86. The molecule has 0 saturated carbocycles. The summed E-state index contributed by atoms with van der Waals surface area (Å²) in [5.41, 5.74) is 2.92. The topological polar surface area (TPSA) is 187 Å². The summed E-state index contributed by atoms with van der Waals surface area (Å²) in [7, 11) is 2.50. The number of rotatable bonds is 10. The van der Waals surface area contributed by atoms with Gasteiger partial charge in [0.05, 0.1) is 33.2 Å². The van der Waals surface area contributed by atoms with Crippen LogP contribution in [0.2, 0.25) is 0 Å². The highest BCUT2D eigenvalue weighted by molar-refractivity contribution is 5.97. The van der Waals surface area contributed by atoms with Crippen LogP contribution in [-0.4, -0.2) is 110 Å². The smallest absolute Gasteiger partial charge is 0.333 e. The molecule has 0 radical (unpaired) electrons. The van der Waals surface area contributed by atoms with Gasteiger partial charge in [-0.3, -0.25) is 4.79 Å². The van der Waals surface area contributed by atoms with Crippen molar-refractivity contribution in [2.24, 2.45) is 0 Å². The molecule has 3 N–H and O–H groups in total. The van der Waals surface area contributed by atoms with Gasteiger partial charge in [-0.25, -0.2) is 19.0 Å². The third-order valence-electron chi connectivity index (χ3n) is 7.32. The molecule has 1 fully saturated rings. The first-order chi connectivity index (χ1) is 21.3. The average Bonchev–Trinajstić information content (AvgIpc) is 3.75. The van der Waals surface area contributed by atoms with Crippen molar-refractivity contribution in [3.8, 4) is 28.3 Å². The quantitative estimate of drug-likeness (QED) is 0.209. The van der Waals surface area contributed by atoms with Gasteiger partial charge >= 0.3 is 11.9 Å². The van der Waals surface area contributed by atoms with Crippen LogP contribution in [0.4, 0.5) is 0 Å². The molecule has 0 unspecified atom stereocenters. The molecule has 45 heavy (non-hydrogen) atoms. The molecule has 2 aromatic heterocycles. The molecular weight excluding hydrogens is 608 g/mol. The number of nitrogens with one attached hydrogen (secondary N) is 1. The molecular formula is C29H33ClN8O7. The summed E-state index contributed by atoms with van der Waals surface area (Å²) in [6.07, 6.45) is 3.31. The van der Waals surface area contributed by atoms with Crippen LogP contribution < -0.4 is 5.32 Å². The number of ether oxygens (including phenoxy) is 2. The minimum atomic E-state index is -1.09. The van der Waals surface area contributed by atoms with Gasteiger partial charge in [0, 0.05) is 49.3 Å². The van der Waals surface area contributed by atoms with E-state index >= 15 is 0 Å². The summed E-state index contributed by atoms with van der Waals surface area (Å²) in [4.78, 5) is 40.2. The first kappa shape index (κ1) is 33.0. The third kappa shape index (κ3) is 7.45. The van der Waals surface area contributed by atoms with Crippen LogP contribution in [0.3, 0.4) is 0 Å². The minimum Gasteiger partial charge on any atom is -0.508 e. The molecule has 2 atom stereocenters. The Morgan fingerprint density at radius 2 is 1.40 bits per heavy atom. The van der Waals surface area contributed by atoms with E-state index in [9.17, 15) is 24.6 Å². The zero-order valence-electron chi connectivity index (χ0n) is 24.6. The lowest BCUT2D eigenvalue weighted by molar-refractivity contribution is -0.146. The fourth-order valence-corrected chi connectivity index (χ4v) is 4.90. The number of piperazine rings is 1. The van der Waals surface area contributed by atoms with E-state index in [0.29, 0.717) is 54.3 Å². The number of phenols is 1. The standard InChI is InChI=1S/C29H32N8O7.ClH/c1-43-28(41)25(11-18-3-5-22(39)6-4-18)36-15-23(31-33-36)19-12-20(14-21(13-19)27(40)35-9-7-30-8-10-35)24-16-37(34-32-24)26(17-38)29(42)44-2;/h3-6,12-16,25-26,30,38-39H,7-11,17H2,1-2H3;1H/t25-,26+;/m1./s1. The zero-order valence-corrected chi connectivity index (χ0v) is 25.4. The normalized spacial score (nSPS) is 14.2. The maximum Gasteiger partial charge on any atom is 0.333 e. The number of methoxy groups -OCH3 is 2. The summed E-state index contributed by atoms with van der Waals surface area (Å²) in [6.45, 7) is 1.89. The largest absolute Gasteiger partial charge is 0.508 e. The molecule has 0 bridgehead atoms. The van der Waals surface area contributed by atoms with E-state index in [1.807, 2.05) is 0 Å². The fraction of sp³-hybridized carbons (Fsp3) is 0.345. The van der Waals surface area contributed by atoms with E-state index in [4.69, 9.17) is 9.47 Å². The molecule has 1 aliphatic heterocycles. The number of carbonyl (C=O) groups excluding carboxylic acids is 3. The Morgan fingerprint density at radius 1 is 0.867 bits per heavy atom. The number of aromatic hydroxyl groups is 1. The lowest BCUT2D eigenvalue weighted by Gasteiger charge is -2.27. The number of nitrogens with zero attached hydrogens (tertiary/aromatic N) is 7. The van der Waals surface area contributed by atoms with E-state index < -0.39 is 30.6 Å². The fourth-order valence-electron chi connectivity index (χ4n) is 4.90. The predicted octanol–water partition coefficient (Wildman–Crippen LogP) is 1.04. The number of carbonyl (C=O) groups is 3. The van der Waals surface area contributed by atoms with Crippen LogP contribution in [0.1, 0.15) is 28.0 Å². The molecule has 0 spiro atoms. The summed E-state index contributed by atoms with van der Waals surface area (Å²) >= 11 is 0. The van der Waals surface area contributed by atoms with E-state index in [2.05, 4.69) is 25.9 Å². The van der Waals surface area contributed by atoms with E-state index in [1.54, 1.807) is 41.4 Å². The van der Waals surface area contributed by atoms with Crippen molar-refractivity contribution in [2.45, 2.75) is 18.5 Å². The number of halogens is 1. The highest BCUT2D eigenvalue weighted by Crippen LogP contribution is 2.29. The molecule has 15 nitrogen and oxygen atoms in total. The molecule has 1 amide bonds. The number of hydrogen-bond donors (Lipinski definition) is 3. The number of amides is 1. The predicted molar refractivity (Wildman–Crippen MR) is 161 cm³/mol. The second-order valence-electron chi connectivity index (χ2n) is 10.1. The highest BCUT2D eigenvalue weighted by atomic mass is 35.5. The van der Waals surface area contributed by atoms with Crippen molar-refractivity contribution in [3.05, 3.63) is 66.0 Å². The number of phenolic OH excluding ortho intramolecular Hbond substituents is 1. The van der Waals surface area contributed by atoms with Gasteiger partial charge in [-0.15, -0.1) is 22.6 Å². The van der Waals surface area contributed by atoms with Gasteiger partial charge in [0.1, 0.15) is 17.1 Å². The zero-order chi connectivity index (χ0) is 31.2. The molecule has 0 aliphatic carbocycles. The lowest BCUT2D eigenvalue weighted by atomic mass is 10.0. The second-order valence-corrected chi connectivity index (χ2v) is 10.1. The van der Waals surface area contributed by atoms with Gasteiger partial charge in [-0.05, 0) is 35.9 Å². The van der Waals surface area contributed by atoms with Crippen LogP contribution in [-0.2, 0) is 25.5 Å².